The van der Waals surface area contributed by atoms with Gasteiger partial charge in [0.25, 0.3) is 5.56 Å². The molecule has 2 aromatic heterocycles. The van der Waals surface area contributed by atoms with E-state index in [1.54, 1.807) is 18.7 Å². The molecule has 32 heavy (non-hydrogen) atoms. The number of thioether (sulfide) groups is 1. The number of anilines is 1. The van der Waals surface area contributed by atoms with Crippen molar-refractivity contribution in [1.29, 1.82) is 5.26 Å². The number of benzene rings is 1. The van der Waals surface area contributed by atoms with Gasteiger partial charge >= 0.3 is 0 Å². The fraction of sp³-hybridized carbons (Fsp3) is 0.333. The predicted molar refractivity (Wildman–Crippen MR) is 125 cm³/mol. The van der Waals surface area contributed by atoms with Crippen molar-refractivity contribution in [1.82, 2.24) is 14.3 Å². The molecule has 0 aliphatic heterocycles. The van der Waals surface area contributed by atoms with Crippen LogP contribution in [0.2, 0.25) is 0 Å². The maximum atomic E-state index is 13.1. The molecule has 1 aromatic carbocycles. The van der Waals surface area contributed by atoms with Crippen LogP contribution in [0.1, 0.15) is 42.3 Å². The van der Waals surface area contributed by atoms with Gasteiger partial charge in [0.15, 0.2) is 0 Å². The van der Waals surface area contributed by atoms with Crippen molar-refractivity contribution in [2.75, 3.05) is 5.32 Å². The number of hydrogen-bond acceptors (Lipinski definition) is 5. The van der Waals surface area contributed by atoms with Gasteiger partial charge in [-0.05, 0) is 56.4 Å². The van der Waals surface area contributed by atoms with Gasteiger partial charge in [0.1, 0.15) is 16.8 Å². The number of carbonyl (C=O) groups excluding carboxylic acids is 1. The van der Waals surface area contributed by atoms with Gasteiger partial charge in [-0.3, -0.25) is 14.3 Å². The van der Waals surface area contributed by atoms with Crippen LogP contribution in [0.5, 0.6) is 0 Å². The highest BCUT2D eigenvalue weighted by molar-refractivity contribution is 8.00. The number of nitriles is 1. The van der Waals surface area contributed by atoms with Crippen LogP contribution in [0.4, 0.5) is 5.69 Å². The van der Waals surface area contributed by atoms with E-state index in [1.807, 2.05) is 43.3 Å². The van der Waals surface area contributed by atoms with E-state index in [-0.39, 0.29) is 17.2 Å². The highest BCUT2D eigenvalue weighted by atomic mass is 32.2. The van der Waals surface area contributed by atoms with E-state index in [1.165, 1.54) is 16.4 Å². The lowest BCUT2D eigenvalue weighted by molar-refractivity contribution is -0.115. The van der Waals surface area contributed by atoms with Crippen LogP contribution in [0.3, 0.4) is 0 Å². The average Bonchev–Trinajstić information content (AvgIpc) is 3.34. The molecule has 1 aliphatic rings. The predicted octanol–water partition coefficient (Wildman–Crippen LogP) is 3.75. The van der Waals surface area contributed by atoms with Gasteiger partial charge in [-0.25, -0.2) is 9.67 Å². The number of para-hydroxylation sites is 1. The van der Waals surface area contributed by atoms with Crippen molar-refractivity contribution < 1.29 is 4.79 Å². The fourth-order valence-electron chi connectivity index (χ4n) is 4.00. The monoisotopic (exact) mass is 447 g/mol. The van der Waals surface area contributed by atoms with Crippen LogP contribution in [0.25, 0.3) is 5.69 Å². The molecule has 0 saturated carbocycles. The van der Waals surface area contributed by atoms with Crippen LogP contribution in [0.15, 0.2) is 46.2 Å². The van der Waals surface area contributed by atoms with Gasteiger partial charge in [-0.15, -0.1) is 0 Å². The van der Waals surface area contributed by atoms with Gasteiger partial charge in [0, 0.05) is 12.7 Å². The van der Waals surface area contributed by atoms with Crippen molar-refractivity contribution in [3.05, 3.63) is 69.3 Å². The molecule has 0 saturated heterocycles. The third-order valence-corrected chi connectivity index (χ3v) is 7.22. The molecular formula is C24H25N5O2S. The van der Waals surface area contributed by atoms with Gasteiger partial charge < -0.3 is 5.32 Å². The number of carbonyl (C=O) groups is 1. The Morgan fingerprint density at radius 1 is 1.31 bits per heavy atom. The molecule has 0 radical (unpaired) electrons. The van der Waals surface area contributed by atoms with Crippen LogP contribution in [0, 0.1) is 18.3 Å². The van der Waals surface area contributed by atoms with E-state index < -0.39 is 5.25 Å². The number of hydrogen-bond donors (Lipinski definition) is 1. The Hall–Kier alpha value is -3.31. The first-order valence-corrected chi connectivity index (χ1v) is 11.6. The zero-order valence-corrected chi connectivity index (χ0v) is 19.2. The first-order chi connectivity index (χ1) is 15.4. The second kappa shape index (κ2) is 9.05. The van der Waals surface area contributed by atoms with E-state index in [9.17, 15) is 14.9 Å². The molecule has 164 valence electrons. The molecule has 3 aromatic rings. The van der Waals surface area contributed by atoms with Crippen molar-refractivity contribution >= 4 is 23.4 Å². The fourth-order valence-corrected chi connectivity index (χ4v) is 4.99. The van der Waals surface area contributed by atoms with Crippen LogP contribution >= 0.6 is 11.8 Å². The summed E-state index contributed by atoms with van der Waals surface area (Å²) in [6, 6.07) is 13.4. The minimum atomic E-state index is -0.474. The SMILES string of the molecule is CCC(Sc1nc2c(cc1C#N)CCC2)C(=O)Nc1c(C)n(C)n(-c2ccccc2)c1=O. The first-order valence-electron chi connectivity index (χ1n) is 10.7. The molecule has 1 amide bonds. The lowest BCUT2D eigenvalue weighted by Gasteiger charge is -2.15. The molecule has 1 atom stereocenters. The molecule has 1 unspecified atom stereocenters. The Kier molecular flexibility index (Phi) is 6.19. The molecule has 1 aliphatic carbocycles. The number of pyridine rings is 1. The summed E-state index contributed by atoms with van der Waals surface area (Å²) in [4.78, 5) is 30.9. The first kappa shape index (κ1) is 21.9. The summed E-state index contributed by atoms with van der Waals surface area (Å²) in [7, 11) is 1.79. The molecule has 4 rings (SSSR count). The van der Waals surface area contributed by atoms with E-state index in [0.29, 0.717) is 22.7 Å². The summed E-state index contributed by atoms with van der Waals surface area (Å²) in [6.07, 6.45) is 3.43. The largest absolute Gasteiger partial charge is 0.319 e. The van der Waals surface area contributed by atoms with Crippen LogP contribution in [-0.2, 0) is 24.7 Å². The molecule has 7 nitrogen and oxygen atoms in total. The van der Waals surface area contributed by atoms with Gasteiger partial charge in [-0.1, -0.05) is 36.9 Å². The number of aromatic nitrogens is 3. The number of nitrogens with zero attached hydrogens (tertiary/aromatic N) is 4. The Morgan fingerprint density at radius 3 is 2.75 bits per heavy atom. The third kappa shape index (κ3) is 3.96. The molecule has 2 heterocycles. The minimum absolute atomic E-state index is 0.267. The standard InChI is InChI=1S/C24H25N5O2S/c1-4-20(32-23-17(14-25)13-16-9-8-12-19(16)26-23)22(30)27-21-15(2)28(3)29(24(21)31)18-10-6-5-7-11-18/h5-7,10-11,13,20H,4,8-9,12H2,1-3H3,(H,27,30). The molecule has 0 bridgehead atoms. The number of nitrogens with one attached hydrogen (secondary N) is 1. The van der Waals surface area contributed by atoms with Gasteiger partial charge in [-0.2, -0.15) is 5.26 Å². The smallest absolute Gasteiger partial charge is 0.295 e. The van der Waals surface area contributed by atoms with Crippen molar-refractivity contribution in [3.8, 4) is 11.8 Å². The zero-order valence-electron chi connectivity index (χ0n) is 18.4. The van der Waals surface area contributed by atoms with E-state index in [4.69, 9.17) is 0 Å². The number of rotatable bonds is 6. The van der Waals surface area contributed by atoms with Gasteiger partial charge in [0.05, 0.1) is 22.2 Å². The molecule has 8 heteroatoms. The normalized spacial score (nSPS) is 13.4. The maximum absolute atomic E-state index is 13.1. The number of fused-ring (bicyclic) bond motifs is 1. The molecular weight excluding hydrogens is 422 g/mol. The van der Waals surface area contributed by atoms with Crippen LogP contribution in [-0.4, -0.2) is 25.5 Å². The summed E-state index contributed by atoms with van der Waals surface area (Å²) in [6.45, 7) is 3.72. The lowest BCUT2D eigenvalue weighted by Crippen LogP contribution is -2.28. The van der Waals surface area contributed by atoms with Gasteiger partial charge in [0.2, 0.25) is 5.91 Å². The summed E-state index contributed by atoms with van der Waals surface area (Å²) >= 11 is 1.29. The maximum Gasteiger partial charge on any atom is 0.295 e. The minimum Gasteiger partial charge on any atom is -0.319 e. The molecule has 0 fully saturated rings. The Bertz CT molecular complexity index is 1270. The number of aryl methyl sites for hydroxylation is 2. The third-order valence-electron chi connectivity index (χ3n) is 5.86. The Balaban J connectivity index is 1.60. The molecule has 0 spiro atoms. The molecule has 1 N–H and O–H groups in total. The number of amides is 1. The highest BCUT2D eigenvalue weighted by Crippen LogP contribution is 2.31. The quantitative estimate of drug-likeness (QED) is 0.581. The van der Waals surface area contributed by atoms with E-state index in [0.717, 1.165) is 36.2 Å². The summed E-state index contributed by atoms with van der Waals surface area (Å²) < 4.78 is 3.27. The van der Waals surface area contributed by atoms with Crippen molar-refractivity contribution in [2.45, 2.75) is 49.8 Å². The second-order valence-corrected chi connectivity index (χ2v) is 9.04. The average molecular weight is 448 g/mol. The summed E-state index contributed by atoms with van der Waals surface area (Å²) in [5.74, 6) is -0.269. The van der Waals surface area contributed by atoms with Crippen LogP contribution < -0.4 is 10.9 Å². The van der Waals surface area contributed by atoms with E-state index in [2.05, 4.69) is 16.4 Å². The van der Waals surface area contributed by atoms with Crippen molar-refractivity contribution in [2.24, 2.45) is 7.05 Å². The van der Waals surface area contributed by atoms with Crippen molar-refractivity contribution in [3.63, 3.8) is 0 Å². The lowest BCUT2D eigenvalue weighted by atomic mass is 10.2. The highest BCUT2D eigenvalue weighted by Gasteiger charge is 2.26. The van der Waals surface area contributed by atoms with E-state index >= 15 is 0 Å². The topological polar surface area (TPSA) is 92.7 Å². The zero-order chi connectivity index (χ0) is 22.8. The summed E-state index contributed by atoms with van der Waals surface area (Å²) in [5, 5.41) is 12.5. The second-order valence-electron chi connectivity index (χ2n) is 7.85. The summed E-state index contributed by atoms with van der Waals surface area (Å²) in [5.41, 5.74) is 4.03. The Labute approximate surface area is 191 Å². The Morgan fingerprint density at radius 2 is 2.06 bits per heavy atom.